The van der Waals surface area contributed by atoms with Crippen LogP contribution in [-0.2, 0) is 26.6 Å². The molecule has 4 fully saturated rings. The molecule has 4 rings (SSSR count). The quantitative estimate of drug-likeness (QED) is 0.354. The van der Waals surface area contributed by atoms with Crippen molar-refractivity contribution in [3.8, 4) is 0 Å². The average molecular weight is 517 g/mol. The van der Waals surface area contributed by atoms with Crippen LogP contribution in [0.5, 0.6) is 0 Å². The van der Waals surface area contributed by atoms with Gasteiger partial charge in [0.2, 0.25) is 0 Å². The molecule has 0 aromatic carbocycles. The maximum absolute atomic E-state index is 7.61. The van der Waals surface area contributed by atoms with E-state index in [2.05, 4.69) is 20.8 Å². The highest BCUT2D eigenvalue weighted by atomic mass is 28.5. The molecule has 1 saturated heterocycles. The Balaban J connectivity index is 1.91. The first-order chi connectivity index (χ1) is 15.9. The van der Waals surface area contributed by atoms with Gasteiger partial charge in [-0.1, -0.05) is 38.5 Å². The minimum Gasteiger partial charge on any atom is -0.412 e. The number of ether oxygens (including phenoxy) is 3. The van der Waals surface area contributed by atoms with Crippen molar-refractivity contribution in [2.75, 3.05) is 21.3 Å². The van der Waals surface area contributed by atoms with Crippen LogP contribution >= 0.6 is 0 Å². The summed E-state index contributed by atoms with van der Waals surface area (Å²) in [5, 5.41) is 0. The van der Waals surface area contributed by atoms with Gasteiger partial charge in [0.05, 0.1) is 17.2 Å². The van der Waals surface area contributed by atoms with Gasteiger partial charge in [0.25, 0.3) is 0 Å². The van der Waals surface area contributed by atoms with Crippen LogP contribution in [0.4, 0.5) is 0 Å². The molecule has 3 atom stereocenters. The highest BCUT2D eigenvalue weighted by Crippen LogP contribution is 2.57. The molecule has 4 aliphatic rings. The normalized spacial score (nSPS) is 39.8. The van der Waals surface area contributed by atoms with Crippen LogP contribution < -0.4 is 0 Å². The van der Waals surface area contributed by atoms with E-state index in [-0.39, 0.29) is 17.2 Å². The molecule has 6 nitrogen and oxygen atoms in total. The molecule has 0 aromatic heterocycles. The molecule has 1 heterocycles. The SMILES string of the molecule is COC(C)[Si]1(C2CCCC2)O[Si](C2CCCC2)(C(C)OC)O[Si](C2CCCC2)(C(C)OC)O1. The minimum absolute atomic E-state index is 0.0285. The van der Waals surface area contributed by atoms with E-state index < -0.39 is 25.7 Å². The third-order valence-corrected chi connectivity index (χ3v) is 26.4. The van der Waals surface area contributed by atoms with Crippen molar-refractivity contribution in [1.29, 1.82) is 0 Å². The summed E-state index contributed by atoms with van der Waals surface area (Å²) in [5.41, 5.74) is 1.31. The first-order valence-corrected chi connectivity index (χ1v) is 19.5. The Morgan fingerprint density at radius 3 is 0.879 bits per heavy atom. The molecular formula is C24H48O6Si3. The van der Waals surface area contributed by atoms with Gasteiger partial charge in [0.1, 0.15) is 0 Å². The molecule has 9 heteroatoms. The van der Waals surface area contributed by atoms with Crippen molar-refractivity contribution in [3.63, 3.8) is 0 Å². The third kappa shape index (κ3) is 4.52. The van der Waals surface area contributed by atoms with E-state index in [1.165, 1.54) is 77.0 Å². The second-order valence-corrected chi connectivity index (χ2v) is 22.7. The number of methoxy groups -OCH3 is 3. The van der Waals surface area contributed by atoms with Gasteiger partial charge in [-0.2, -0.15) is 0 Å². The standard InChI is InChI=1S/C24H48O6Si3/c1-19(25-4)31(22-13-7-8-14-22)28-32(20(2)26-5,23-15-9-10-16-23)30-33(29-31,21(3)27-6)24-17-11-12-18-24/h19-24H,7-18H2,1-6H3. The Labute approximate surface area is 205 Å². The zero-order chi connectivity index (χ0) is 23.7. The fourth-order valence-electron chi connectivity index (χ4n) is 7.28. The molecule has 192 valence electrons. The number of hydrogen-bond donors (Lipinski definition) is 0. The van der Waals surface area contributed by atoms with Crippen LogP contribution in [0, 0.1) is 0 Å². The van der Waals surface area contributed by atoms with Crippen LogP contribution in [0.25, 0.3) is 0 Å². The lowest BCUT2D eigenvalue weighted by atomic mass is 10.4. The summed E-state index contributed by atoms with van der Waals surface area (Å²) in [7, 11) is -2.88. The monoisotopic (exact) mass is 516 g/mol. The molecular weight excluding hydrogens is 469 g/mol. The number of rotatable bonds is 9. The lowest BCUT2D eigenvalue weighted by Crippen LogP contribution is -2.81. The predicted molar refractivity (Wildman–Crippen MR) is 137 cm³/mol. The summed E-state index contributed by atoms with van der Waals surface area (Å²) in [6, 6.07) is 0. The van der Waals surface area contributed by atoms with E-state index in [9.17, 15) is 0 Å². The van der Waals surface area contributed by atoms with E-state index >= 15 is 0 Å². The molecule has 1 aliphatic heterocycles. The van der Waals surface area contributed by atoms with E-state index in [0.29, 0.717) is 16.6 Å². The van der Waals surface area contributed by atoms with Crippen molar-refractivity contribution in [3.05, 3.63) is 0 Å². The Kier molecular flexibility index (Phi) is 8.66. The summed E-state index contributed by atoms with van der Waals surface area (Å²) in [4.78, 5) is 0. The fraction of sp³-hybridized carbons (Fsp3) is 1.00. The Hall–Kier alpha value is 0.411. The Morgan fingerprint density at radius 1 is 0.485 bits per heavy atom. The van der Waals surface area contributed by atoms with E-state index in [1.54, 1.807) is 0 Å². The molecule has 0 spiro atoms. The third-order valence-electron chi connectivity index (χ3n) is 9.49. The van der Waals surface area contributed by atoms with Crippen molar-refractivity contribution in [2.24, 2.45) is 0 Å². The highest BCUT2D eigenvalue weighted by molar-refractivity contribution is 6.97. The first kappa shape index (κ1) is 26.5. The second kappa shape index (κ2) is 10.8. The fourth-order valence-corrected chi connectivity index (χ4v) is 29.5. The molecule has 0 amide bonds. The molecule has 0 aromatic rings. The lowest BCUT2D eigenvalue weighted by molar-refractivity contribution is 0.0473. The maximum Gasteiger partial charge on any atom is 0.353 e. The smallest absolute Gasteiger partial charge is 0.353 e. The molecule has 33 heavy (non-hydrogen) atoms. The zero-order valence-electron chi connectivity index (χ0n) is 21.9. The molecule has 0 bridgehead atoms. The van der Waals surface area contributed by atoms with Gasteiger partial charge in [-0.25, -0.2) is 0 Å². The molecule has 3 unspecified atom stereocenters. The van der Waals surface area contributed by atoms with Crippen LogP contribution in [0.3, 0.4) is 0 Å². The van der Waals surface area contributed by atoms with Crippen molar-refractivity contribution in [2.45, 2.75) is 132 Å². The maximum atomic E-state index is 7.61. The van der Waals surface area contributed by atoms with Crippen molar-refractivity contribution >= 4 is 25.7 Å². The van der Waals surface area contributed by atoms with Crippen LogP contribution in [0.15, 0.2) is 0 Å². The molecule has 0 N–H and O–H groups in total. The van der Waals surface area contributed by atoms with Gasteiger partial charge in [-0.3, -0.25) is 0 Å². The average Bonchev–Trinajstić information content (AvgIpc) is 3.64. The summed E-state index contributed by atoms with van der Waals surface area (Å²) in [6.07, 6.45) is 14.7. The summed E-state index contributed by atoms with van der Waals surface area (Å²) >= 11 is 0. The predicted octanol–water partition coefficient (Wildman–Crippen LogP) is 5.93. The van der Waals surface area contributed by atoms with E-state index in [4.69, 9.17) is 26.6 Å². The summed E-state index contributed by atoms with van der Waals surface area (Å²) in [6.45, 7) is 6.64. The Bertz CT molecular complexity index is 542. The summed E-state index contributed by atoms with van der Waals surface area (Å²) in [5.74, 6) is 0. The lowest BCUT2D eigenvalue weighted by Gasteiger charge is -2.61. The van der Waals surface area contributed by atoms with Gasteiger partial charge in [0.15, 0.2) is 0 Å². The minimum atomic E-state index is -2.80. The molecule has 3 aliphatic carbocycles. The Morgan fingerprint density at radius 2 is 0.697 bits per heavy atom. The van der Waals surface area contributed by atoms with E-state index in [1.807, 2.05) is 21.3 Å². The number of hydrogen-bond acceptors (Lipinski definition) is 6. The van der Waals surface area contributed by atoms with Gasteiger partial charge < -0.3 is 26.6 Å². The van der Waals surface area contributed by atoms with E-state index in [0.717, 1.165) is 0 Å². The molecule has 3 saturated carbocycles. The van der Waals surface area contributed by atoms with Gasteiger partial charge in [-0.05, 0) is 59.3 Å². The summed E-state index contributed by atoms with van der Waals surface area (Å²) < 4.78 is 41.3. The van der Waals surface area contributed by atoms with Crippen LogP contribution in [0.1, 0.15) is 97.8 Å². The second-order valence-electron chi connectivity index (χ2n) is 11.0. The highest BCUT2D eigenvalue weighted by Gasteiger charge is 2.73. The van der Waals surface area contributed by atoms with Crippen molar-refractivity contribution < 1.29 is 26.6 Å². The topological polar surface area (TPSA) is 55.4 Å². The first-order valence-electron chi connectivity index (χ1n) is 13.6. The largest absolute Gasteiger partial charge is 0.412 e. The molecule has 0 radical (unpaired) electrons. The van der Waals surface area contributed by atoms with Crippen LogP contribution in [-0.4, -0.2) is 64.2 Å². The zero-order valence-corrected chi connectivity index (χ0v) is 24.9. The van der Waals surface area contributed by atoms with Crippen LogP contribution in [0.2, 0.25) is 16.6 Å². The van der Waals surface area contributed by atoms with Crippen molar-refractivity contribution in [1.82, 2.24) is 0 Å². The van der Waals surface area contributed by atoms with Gasteiger partial charge in [0, 0.05) is 38.0 Å². The van der Waals surface area contributed by atoms with Gasteiger partial charge >= 0.3 is 25.7 Å². The van der Waals surface area contributed by atoms with Gasteiger partial charge in [-0.15, -0.1) is 0 Å².